The topological polar surface area (TPSA) is 89.4 Å². The van der Waals surface area contributed by atoms with Gasteiger partial charge in [-0.05, 0) is 37.3 Å². The first kappa shape index (κ1) is 22.3. The van der Waals surface area contributed by atoms with Crippen LogP contribution >= 0.6 is 0 Å². The van der Waals surface area contributed by atoms with E-state index in [1.165, 1.54) is 0 Å². The smallest absolute Gasteiger partial charge is 0.251 e. The molecule has 0 aliphatic carbocycles. The first-order valence-electron chi connectivity index (χ1n) is 10.6. The Morgan fingerprint density at radius 1 is 1.10 bits per heavy atom. The maximum Gasteiger partial charge on any atom is 0.251 e. The lowest BCUT2D eigenvalue weighted by Crippen LogP contribution is -2.52. The second-order valence-corrected chi connectivity index (χ2v) is 7.19. The molecule has 1 fully saturated rings. The van der Waals surface area contributed by atoms with Gasteiger partial charge in [0.25, 0.3) is 5.91 Å². The van der Waals surface area contributed by atoms with Gasteiger partial charge in [0.15, 0.2) is 5.96 Å². The lowest BCUT2D eigenvalue weighted by Gasteiger charge is -2.37. The quantitative estimate of drug-likeness (QED) is 0.357. The Hall–Kier alpha value is -3.42. The van der Waals surface area contributed by atoms with Crippen LogP contribution < -0.4 is 20.3 Å². The molecule has 1 heterocycles. The molecule has 1 aliphatic heterocycles. The molecule has 1 aliphatic rings. The molecule has 2 aromatic rings. The summed E-state index contributed by atoms with van der Waals surface area (Å²) in [5, 5.41) is 16.3. The van der Waals surface area contributed by atoms with E-state index in [0.717, 1.165) is 44.4 Å². The monoisotopic (exact) mass is 425 g/mol. The minimum atomic E-state index is -0.143. The van der Waals surface area contributed by atoms with Gasteiger partial charge < -0.3 is 30.3 Å². The van der Waals surface area contributed by atoms with Crippen LogP contribution in [0.1, 0.15) is 17.3 Å². The van der Waals surface area contributed by atoms with Crippen LogP contribution in [0.4, 0.5) is 5.69 Å². The van der Waals surface area contributed by atoms with E-state index in [2.05, 4.69) is 25.4 Å². The van der Waals surface area contributed by atoms with E-state index in [4.69, 9.17) is 4.74 Å². The highest BCUT2D eigenvalue weighted by molar-refractivity contribution is 5.94. The van der Waals surface area contributed by atoms with Gasteiger partial charge in [0, 0.05) is 44.8 Å². The maximum atomic E-state index is 12.3. The van der Waals surface area contributed by atoms with Crippen LogP contribution in [0.25, 0.3) is 0 Å². The molecular formula is C23H31N5O3. The average molecular weight is 426 g/mol. The number of aliphatic imine (C=N–C) groups is 1. The minimum Gasteiger partial charge on any atom is -0.506 e. The largest absolute Gasteiger partial charge is 0.506 e. The van der Waals surface area contributed by atoms with Crippen LogP contribution in [0.2, 0.25) is 0 Å². The number of para-hydroxylation sites is 2. The van der Waals surface area contributed by atoms with Crippen LogP contribution in [0.15, 0.2) is 53.5 Å². The van der Waals surface area contributed by atoms with E-state index in [1.807, 2.05) is 31.2 Å². The molecule has 0 radical (unpaired) electrons. The van der Waals surface area contributed by atoms with Crippen molar-refractivity contribution < 1.29 is 14.6 Å². The Morgan fingerprint density at radius 3 is 2.58 bits per heavy atom. The lowest BCUT2D eigenvalue weighted by atomic mass is 10.2. The number of anilines is 1. The molecule has 8 nitrogen and oxygen atoms in total. The molecule has 0 unspecified atom stereocenters. The van der Waals surface area contributed by atoms with Crippen molar-refractivity contribution in [2.75, 3.05) is 57.8 Å². The van der Waals surface area contributed by atoms with Gasteiger partial charge in [-0.25, -0.2) is 0 Å². The number of carbonyl (C=O) groups excluding carboxylic acids is 1. The number of piperazine rings is 1. The van der Waals surface area contributed by atoms with Gasteiger partial charge in [-0.2, -0.15) is 0 Å². The Labute approximate surface area is 183 Å². The molecule has 0 atom stereocenters. The highest BCUT2D eigenvalue weighted by Gasteiger charge is 2.21. The Bertz CT molecular complexity index is 894. The summed E-state index contributed by atoms with van der Waals surface area (Å²) in [6.07, 6.45) is 0. The second kappa shape index (κ2) is 11.1. The third kappa shape index (κ3) is 6.04. The van der Waals surface area contributed by atoms with E-state index < -0.39 is 0 Å². The normalized spacial score (nSPS) is 14.3. The number of guanidine groups is 1. The number of amides is 1. The Morgan fingerprint density at radius 2 is 1.87 bits per heavy atom. The number of hydrogen-bond acceptors (Lipinski definition) is 5. The SMILES string of the molecule is CCNC(=NCCNC(=O)c1cccc(OC)c1)N1CCN(c2ccccc2O)CC1. The first-order chi connectivity index (χ1) is 15.1. The van der Waals surface area contributed by atoms with Gasteiger partial charge in [0.05, 0.1) is 19.3 Å². The maximum absolute atomic E-state index is 12.3. The molecule has 31 heavy (non-hydrogen) atoms. The van der Waals surface area contributed by atoms with Gasteiger partial charge >= 0.3 is 0 Å². The highest BCUT2D eigenvalue weighted by Crippen LogP contribution is 2.27. The van der Waals surface area contributed by atoms with Gasteiger partial charge in [0.1, 0.15) is 11.5 Å². The first-order valence-corrected chi connectivity index (χ1v) is 10.6. The fraction of sp³-hybridized carbons (Fsp3) is 0.391. The van der Waals surface area contributed by atoms with Crippen molar-refractivity contribution in [2.45, 2.75) is 6.92 Å². The fourth-order valence-corrected chi connectivity index (χ4v) is 3.51. The standard InChI is InChI=1S/C23H31N5O3/c1-3-24-23(26-12-11-25-22(30)18-7-6-8-19(17-18)31-2)28-15-13-27(14-16-28)20-9-4-5-10-21(20)29/h4-10,17,29H,3,11-16H2,1-2H3,(H,24,26)(H,25,30). The third-order valence-electron chi connectivity index (χ3n) is 5.13. The zero-order valence-electron chi connectivity index (χ0n) is 18.2. The number of methoxy groups -OCH3 is 1. The van der Waals surface area contributed by atoms with Gasteiger partial charge in [0.2, 0.25) is 0 Å². The van der Waals surface area contributed by atoms with Gasteiger partial charge in [-0.15, -0.1) is 0 Å². The molecule has 0 aromatic heterocycles. The second-order valence-electron chi connectivity index (χ2n) is 7.19. The summed E-state index contributed by atoms with van der Waals surface area (Å²) >= 11 is 0. The molecule has 0 spiro atoms. The fourth-order valence-electron chi connectivity index (χ4n) is 3.51. The number of carbonyl (C=O) groups is 1. The molecule has 8 heteroatoms. The summed E-state index contributed by atoms with van der Waals surface area (Å²) in [5.74, 6) is 1.66. The predicted octanol–water partition coefficient (Wildman–Crippen LogP) is 1.92. The van der Waals surface area contributed by atoms with Gasteiger partial charge in [-0.3, -0.25) is 9.79 Å². The summed E-state index contributed by atoms with van der Waals surface area (Å²) in [4.78, 5) is 21.4. The number of nitrogens with zero attached hydrogens (tertiary/aromatic N) is 3. The summed E-state index contributed by atoms with van der Waals surface area (Å²) in [7, 11) is 1.58. The van der Waals surface area contributed by atoms with Gasteiger partial charge in [-0.1, -0.05) is 18.2 Å². The highest BCUT2D eigenvalue weighted by atomic mass is 16.5. The average Bonchev–Trinajstić information content (AvgIpc) is 2.81. The molecule has 3 N–H and O–H groups in total. The predicted molar refractivity (Wildman–Crippen MR) is 123 cm³/mol. The number of aromatic hydroxyl groups is 1. The van der Waals surface area contributed by atoms with Crippen molar-refractivity contribution in [3.05, 3.63) is 54.1 Å². The van der Waals surface area contributed by atoms with E-state index in [-0.39, 0.29) is 5.91 Å². The van der Waals surface area contributed by atoms with Crippen molar-refractivity contribution in [2.24, 2.45) is 4.99 Å². The van der Waals surface area contributed by atoms with Crippen molar-refractivity contribution in [1.82, 2.24) is 15.5 Å². The molecule has 0 saturated carbocycles. The van der Waals surface area contributed by atoms with E-state index in [9.17, 15) is 9.90 Å². The van der Waals surface area contributed by atoms with Crippen molar-refractivity contribution in [1.29, 1.82) is 0 Å². The van der Waals surface area contributed by atoms with Crippen LogP contribution in [-0.4, -0.2) is 74.8 Å². The zero-order valence-corrected chi connectivity index (χ0v) is 18.2. The van der Waals surface area contributed by atoms with Crippen molar-refractivity contribution >= 4 is 17.6 Å². The van der Waals surface area contributed by atoms with Crippen LogP contribution in [-0.2, 0) is 0 Å². The van der Waals surface area contributed by atoms with Crippen LogP contribution in [0, 0.1) is 0 Å². The summed E-state index contributed by atoms with van der Waals surface area (Å²) < 4.78 is 5.17. The number of ether oxygens (including phenoxy) is 1. The summed E-state index contributed by atoms with van der Waals surface area (Å²) in [5.41, 5.74) is 1.43. The number of benzene rings is 2. The lowest BCUT2D eigenvalue weighted by molar-refractivity contribution is 0.0954. The molecule has 166 valence electrons. The molecular weight excluding hydrogens is 394 g/mol. The molecule has 3 rings (SSSR count). The minimum absolute atomic E-state index is 0.143. The van der Waals surface area contributed by atoms with Crippen molar-refractivity contribution in [3.8, 4) is 11.5 Å². The zero-order chi connectivity index (χ0) is 22.1. The molecule has 1 amide bonds. The summed E-state index contributed by atoms with van der Waals surface area (Å²) in [6.45, 7) is 6.95. The van der Waals surface area contributed by atoms with E-state index in [0.29, 0.717) is 30.2 Å². The van der Waals surface area contributed by atoms with Crippen molar-refractivity contribution in [3.63, 3.8) is 0 Å². The number of hydrogen-bond donors (Lipinski definition) is 3. The van der Waals surface area contributed by atoms with Crippen LogP contribution in [0.3, 0.4) is 0 Å². The van der Waals surface area contributed by atoms with E-state index >= 15 is 0 Å². The summed E-state index contributed by atoms with van der Waals surface area (Å²) in [6, 6.07) is 14.5. The Kier molecular flexibility index (Phi) is 7.98. The molecule has 0 bridgehead atoms. The van der Waals surface area contributed by atoms with Crippen LogP contribution in [0.5, 0.6) is 11.5 Å². The number of phenolic OH excluding ortho intramolecular Hbond substituents is 1. The molecule has 2 aromatic carbocycles. The number of phenols is 1. The van der Waals surface area contributed by atoms with E-state index in [1.54, 1.807) is 31.4 Å². The molecule has 1 saturated heterocycles. The number of rotatable bonds is 7. The number of nitrogens with one attached hydrogen (secondary N) is 2. The Balaban J connectivity index is 1.51. The third-order valence-corrected chi connectivity index (χ3v) is 5.13.